The molecular formula is C23H12F3N7O2. The number of nitriles is 1. The van der Waals surface area contributed by atoms with Crippen LogP contribution in [0.2, 0.25) is 0 Å². The molecule has 0 saturated heterocycles. The third-order valence-corrected chi connectivity index (χ3v) is 5.48. The Balaban J connectivity index is 1.85. The molecule has 172 valence electrons. The van der Waals surface area contributed by atoms with E-state index in [4.69, 9.17) is 5.73 Å². The van der Waals surface area contributed by atoms with Crippen molar-refractivity contribution in [1.82, 2.24) is 24.7 Å². The second-order valence-electron chi connectivity index (χ2n) is 7.45. The number of carbonyl (C=O) groups is 1. The average molecular weight is 475 g/mol. The van der Waals surface area contributed by atoms with Crippen LogP contribution in [0, 0.1) is 11.3 Å². The van der Waals surface area contributed by atoms with Gasteiger partial charge in [0.1, 0.15) is 17.5 Å². The van der Waals surface area contributed by atoms with E-state index in [9.17, 15) is 28.0 Å². The first kappa shape index (κ1) is 21.7. The van der Waals surface area contributed by atoms with Crippen molar-refractivity contribution in [2.45, 2.75) is 6.18 Å². The Morgan fingerprint density at radius 2 is 2.03 bits per heavy atom. The molecule has 1 aliphatic rings. The Morgan fingerprint density at radius 3 is 2.71 bits per heavy atom. The van der Waals surface area contributed by atoms with Crippen LogP contribution in [0.3, 0.4) is 0 Å². The minimum Gasteiger partial charge on any atom is -0.365 e. The Bertz CT molecular complexity index is 1660. The normalized spacial score (nSPS) is 12.7. The monoisotopic (exact) mass is 475 g/mol. The molecule has 5 rings (SSSR count). The first-order chi connectivity index (χ1) is 16.7. The van der Waals surface area contributed by atoms with Crippen LogP contribution in [-0.4, -0.2) is 31.2 Å². The van der Waals surface area contributed by atoms with Gasteiger partial charge in [-0.15, -0.1) is 0 Å². The first-order valence-corrected chi connectivity index (χ1v) is 9.94. The summed E-state index contributed by atoms with van der Waals surface area (Å²) in [5.41, 5.74) is 4.12. The summed E-state index contributed by atoms with van der Waals surface area (Å²) in [6.45, 7) is 0. The zero-order valence-electron chi connectivity index (χ0n) is 17.5. The molecule has 0 bridgehead atoms. The van der Waals surface area contributed by atoms with Gasteiger partial charge < -0.3 is 11.1 Å². The molecule has 4 aromatic rings. The third kappa shape index (κ3) is 3.35. The number of hydrogen-bond donors (Lipinski definition) is 2. The molecule has 12 heteroatoms. The van der Waals surface area contributed by atoms with E-state index in [1.165, 1.54) is 53.5 Å². The van der Waals surface area contributed by atoms with E-state index < -0.39 is 23.3 Å². The van der Waals surface area contributed by atoms with Crippen LogP contribution in [0.5, 0.6) is 0 Å². The first-order valence-electron chi connectivity index (χ1n) is 9.94. The van der Waals surface area contributed by atoms with E-state index in [1.54, 1.807) is 12.0 Å². The molecule has 35 heavy (non-hydrogen) atoms. The van der Waals surface area contributed by atoms with Crippen molar-refractivity contribution in [1.29, 1.82) is 5.26 Å². The Labute approximate surface area is 194 Å². The highest BCUT2D eigenvalue weighted by Crippen LogP contribution is 2.40. The zero-order chi connectivity index (χ0) is 24.9. The Hall–Kier alpha value is -5.14. The number of carbonyl (C=O) groups excluding carboxylic acids is 2. The summed E-state index contributed by atoms with van der Waals surface area (Å²) in [7, 11) is 0. The molecular weight excluding hydrogens is 463 g/mol. The fourth-order valence-electron chi connectivity index (χ4n) is 4.01. The number of fused-ring (bicyclic) bond motifs is 2. The Morgan fingerprint density at radius 1 is 1.23 bits per heavy atom. The quantitative estimate of drug-likeness (QED) is 0.438. The van der Waals surface area contributed by atoms with E-state index >= 15 is 0 Å². The van der Waals surface area contributed by atoms with Gasteiger partial charge in [0.2, 0.25) is 0 Å². The van der Waals surface area contributed by atoms with Crippen LogP contribution < -0.4 is 11.1 Å². The number of rotatable bonds is 3. The summed E-state index contributed by atoms with van der Waals surface area (Å²) in [4.78, 5) is 23.7. The number of alkyl halides is 3. The number of benzene rings is 1. The highest BCUT2D eigenvalue weighted by Gasteiger charge is 2.43. The van der Waals surface area contributed by atoms with Gasteiger partial charge in [-0.1, -0.05) is 12.1 Å². The maximum Gasteiger partial charge on any atom is 0.434 e. The molecule has 0 fully saturated rings. The lowest BCUT2D eigenvalue weighted by Gasteiger charge is -2.18. The van der Waals surface area contributed by atoms with Crippen LogP contribution in [0.4, 0.5) is 13.2 Å². The van der Waals surface area contributed by atoms with Crippen molar-refractivity contribution in [3.63, 3.8) is 0 Å². The molecule has 0 radical (unpaired) electrons. The van der Waals surface area contributed by atoms with Gasteiger partial charge in [-0.05, 0) is 24.3 Å². The van der Waals surface area contributed by atoms with Gasteiger partial charge in [-0.2, -0.15) is 28.6 Å². The van der Waals surface area contributed by atoms with E-state index in [2.05, 4.69) is 15.5 Å². The predicted molar refractivity (Wildman–Crippen MR) is 117 cm³/mol. The summed E-state index contributed by atoms with van der Waals surface area (Å²) >= 11 is 0. The van der Waals surface area contributed by atoms with Crippen LogP contribution in [-0.2, 0) is 11.0 Å². The topological polar surface area (TPSA) is 131 Å². The van der Waals surface area contributed by atoms with Gasteiger partial charge in [0, 0.05) is 29.1 Å². The lowest BCUT2D eigenvalue weighted by Crippen LogP contribution is -2.22. The van der Waals surface area contributed by atoms with Crippen molar-refractivity contribution in [3.8, 4) is 23.0 Å². The van der Waals surface area contributed by atoms with Crippen molar-refractivity contribution in [3.05, 3.63) is 76.9 Å². The lowest BCUT2D eigenvalue weighted by atomic mass is 10.00. The van der Waals surface area contributed by atoms with Gasteiger partial charge in [-0.3, -0.25) is 4.79 Å². The van der Waals surface area contributed by atoms with Crippen molar-refractivity contribution in [2.24, 2.45) is 5.73 Å². The summed E-state index contributed by atoms with van der Waals surface area (Å²) in [5, 5.41) is 20.2. The minimum atomic E-state index is -5.02. The molecule has 0 spiro atoms. The molecule has 3 aromatic heterocycles. The molecule has 1 aromatic carbocycles. The molecule has 3 N–H and O–H groups in total. The van der Waals surface area contributed by atoms with Gasteiger partial charge in [0.05, 0.1) is 28.5 Å². The number of amides is 1. The zero-order valence-corrected chi connectivity index (χ0v) is 17.5. The molecule has 0 aliphatic carbocycles. The SMILES string of the molecule is N#Cc1cnn2ccc(-c3nn(-c4cccc5c4C=CNC5=C=O)c(C(F)(F)F)c3C(N)=O)cc12. The Kier molecular flexibility index (Phi) is 4.79. The predicted octanol–water partition coefficient (Wildman–Crippen LogP) is 2.92. The minimum absolute atomic E-state index is 0.0304. The number of nitrogens with two attached hydrogens (primary N) is 1. The van der Waals surface area contributed by atoms with Gasteiger partial charge in [0.25, 0.3) is 5.91 Å². The second kappa shape index (κ2) is 7.72. The third-order valence-electron chi connectivity index (χ3n) is 5.48. The largest absolute Gasteiger partial charge is 0.434 e. The highest BCUT2D eigenvalue weighted by molar-refractivity contribution is 6.01. The fourth-order valence-corrected chi connectivity index (χ4v) is 4.01. The number of nitrogens with zero attached hydrogens (tertiary/aromatic N) is 5. The lowest BCUT2D eigenvalue weighted by molar-refractivity contribution is -0.143. The maximum absolute atomic E-state index is 14.4. The van der Waals surface area contributed by atoms with E-state index in [1.807, 2.05) is 6.07 Å². The van der Waals surface area contributed by atoms with Gasteiger partial charge >= 0.3 is 6.18 Å². The van der Waals surface area contributed by atoms with Crippen LogP contribution in [0.15, 0.2) is 48.9 Å². The number of nitrogens with one attached hydrogen (secondary N) is 1. The molecule has 0 saturated carbocycles. The number of pyridine rings is 1. The summed E-state index contributed by atoms with van der Waals surface area (Å²) in [6, 6.07) is 9.14. The number of halogens is 3. The summed E-state index contributed by atoms with van der Waals surface area (Å²) in [5.74, 6) is 0.383. The molecule has 1 aliphatic heterocycles. The van der Waals surface area contributed by atoms with Crippen LogP contribution in [0.25, 0.3) is 34.2 Å². The molecule has 0 unspecified atom stereocenters. The molecule has 9 nitrogen and oxygen atoms in total. The maximum atomic E-state index is 14.4. The number of hydrogen-bond acceptors (Lipinski definition) is 6. The number of primary amides is 1. The van der Waals surface area contributed by atoms with E-state index in [0.717, 1.165) is 0 Å². The standard InChI is InChI=1S/C23H12F3N7O2/c24-23(25,26)21-19(22(28)35)20(12-5-7-32-18(8-12)13(9-27)10-30-32)31-33(21)17-3-1-2-14-15(17)4-6-29-16(14)11-34/h1-8,10,29H,(H2,28,35). The van der Waals surface area contributed by atoms with Crippen LogP contribution in [0.1, 0.15) is 32.7 Å². The highest BCUT2D eigenvalue weighted by atomic mass is 19.4. The summed E-state index contributed by atoms with van der Waals surface area (Å²) in [6.07, 6.45) is 0.589. The van der Waals surface area contributed by atoms with Crippen molar-refractivity contribution >= 4 is 29.1 Å². The van der Waals surface area contributed by atoms with Crippen molar-refractivity contribution < 1.29 is 22.8 Å². The molecule has 0 atom stereocenters. The van der Waals surface area contributed by atoms with E-state index in [-0.39, 0.29) is 33.8 Å². The fraction of sp³-hybridized carbons (Fsp3) is 0.0435. The van der Waals surface area contributed by atoms with Crippen molar-refractivity contribution in [2.75, 3.05) is 0 Å². The second-order valence-corrected chi connectivity index (χ2v) is 7.45. The average Bonchev–Trinajstić information content (AvgIpc) is 3.44. The van der Waals surface area contributed by atoms with Gasteiger partial charge in [0.15, 0.2) is 11.6 Å². The molecule has 1 amide bonds. The van der Waals surface area contributed by atoms with E-state index in [0.29, 0.717) is 15.8 Å². The number of aromatic nitrogens is 4. The smallest absolute Gasteiger partial charge is 0.365 e. The van der Waals surface area contributed by atoms with Crippen LogP contribution >= 0.6 is 0 Å². The molecule has 4 heterocycles. The van der Waals surface area contributed by atoms with Gasteiger partial charge in [-0.25, -0.2) is 14.0 Å². The summed E-state index contributed by atoms with van der Waals surface area (Å²) < 4.78 is 45.0.